The molecule has 1 aliphatic rings. The van der Waals surface area contributed by atoms with Crippen LogP contribution in [0.15, 0.2) is 53.6 Å². The Hall–Kier alpha value is -2.71. The number of H-pyrrole nitrogens is 1. The fourth-order valence-electron chi connectivity index (χ4n) is 3.31. The van der Waals surface area contributed by atoms with Gasteiger partial charge in [0.25, 0.3) is 5.91 Å². The molecule has 8 heteroatoms. The van der Waals surface area contributed by atoms with Crippen molar-refractivity contribution in [3.05, 3.63) is 59.8 Å². The van der Waals surface area contributed by atoms with E-state index in [2.05, 4.69) is 10.2 Å². The van der Waals surface area contributed by atoms with E-state index < -0.39 is 10.0 Å². The number of hydrogen-bond acceptors (Lipinski definition) is 4. The lowest BCUT2D eigenvalue weighted by molar-refractivity contribution is 0.0699. The monoisotopic (exact) mass is 384 g/mol. The number of para-hydroxylation sites is 1. The molecule has 0 spiro atoms. The molecule has 1 amide bonds. The topological polar surface area (TPSA) is 86.4 Å². The van der Waals surface area contributed by atoms with Crippen LogP contribution < -0.4 is 0 Å². The Morgan fingerprint density at radius 1 is 1.04 bits per heavy atom. The van der Waals surface area contributed by atoms with Gasteiger partial charge in [-0.3, -0.25) is 9.89 Å². The van der Waals surface area contributed by atoms with Crippen molar-refractivity contribution in [1.82, 2.24) is 19.4 Å². The highest BCUT2D eigenvalue weighted by molar-refractivity contribution is 7.89. The predicted octanol–water partition coefficient (Wildman–Crippen LogP) is 2.02. The number of amides is 1. The van der Waals surface area contributed by atoms with Gasteiger partial charge in [-0.1, -0.05) is 29.8 Å². The Bertz CT molecular complexity index is 1080. The lowest BCUT2D eigenvalue weighted by Crippen LogP contribution is -2.50. The van der Waals surface area contributed by atoms with E-state index in [9.17, 15) is 13.2 Å². The zero-order valence-electron chi connectivity index (χ0n) is 14.9. The second-order valence-electron chi connectivity index (χ2n) is 6.65. The summed E-state index contributed by atoms with van der Waals surface area (Å²) < 4.78 is 27.0. The van der Waals surface area contributed by atoms with Crippen molar-refractivity contribution in [3.63, 3.8) is 0 Å². The van der Waals surface area contributed by atoms with Gasteiger partial charge in [-0.25, -0.2) is 8.42 Å². The lowest BCUT2D eigenvalue weighted by Gasteiger charge is -2.34. The van der Waals surface area contributed by atoms with E-state index in [1.165, 1.54) is 4.31 Å². The molecular formula is C19H20N4O3S. The number of carbonyl (C=O) groups is 1. The van der Waals surface area contributed by atoms with Gasteiger partial charge in [0, 0.05) is 31.6 Å². The fourth-order valence-corrected chi connectivity index (χ4v) is 4.73. The maximum Gasteiger partial charge on any atom is 0.256 e. The van der Waals surface area contributed by atoms with Crippen molar-refractivity contribution >= 4 is 26.8 Å². The maximum atomic E-state index is 12.9. The SMILES string of the molecule is Cc1ccc(S(=O)(=O)N2CCN(C(=O)c3cccc4cn[nH]c34)CC2)cc1. The van der Waals surface area contributed by atoms with Gasteiger partial charge in [-0.05, 0) is 25.1 Å². The largest absolute Gasteiger partial charge is 0.336 e. The van der Waals surface area contributed by atoms with E-state index in [1.807, 2.05) is 19.1 Å². The average molecular weight is 384 g/mol. The van der Waals surface area contributed by atoms with Crippen LogP contribution in [0.2, 0.25) is 0 Å². The van der Waals surface area contributed by atoms with Crippen molar-refractivity contribution in [2.45, 2.75) is 11.8 Å². The molecular weight excluding hydrogens is 364 g/mol. The van der Waals surface area contributed by atoms with Crippen LogP contribution in [0.3, 0.4) is 0 Å². The number of rotatable bonds is 3. The lowest BCUT2D eigenvalue weighted by atomic mass is 10.1. The van der Waals surface area contributed by atoms with Crippen LogP contribution in [0.5, 0.6) is 0 Å². The van der Waals surface area contributed by atoms with Gasteiger partial charge in [0.1, 0.15) is 0 Å². The molecule has 0 saturated carbocycles. The van der Waals surface area contributed by atoms with E-state index >= 15 is 0 Å². The molecule has 2 heterocycles. The molecule has 1 aliphatic heterocycles. The molecule has 0 bridgehead atoms. The van der Waals surface area contributed by atoms with Gasteiger partial charge in [0.05, 0.1) is 22.2 Å². The molecule has 140 valence electrons. The van der Waals surface area contributed by atoms with Crippen LogP contribution in [-0.2, 0) is 10.0 Å². The zero-order chi connectivity index (χ0) is 19.0. The summed E-state index contributed by atoms with van der Waals surface area (Å²) in [6, 6.07) is 12.3. The van der Waals surface area contributed by atoms with Crippen molar-refractivity contribution in [2.75, 3.05) is 26.2 Å². The summed E-state index contributed by atoms with van der Waals surface area (Å²) in [5, 5.41) is 7.73. The summed E-state index contributed by atoms with van der Waals surface area (Å²) >= 11 is 0. The summed E-state index contributed by atoms with van der Waals surface area (Å²) in [5.74, 6) is -0.114. The molecule has 1 saturated heterocycles. The first kappa shape index (κ1) is 17.7. The number of piperazine rings is 1. The second-order valence-corrected chi connectivity index (χ2v) is 8.59. The van der Waals surface area contributed by atoms with Crippen LogP contribution in [0.4, 0.5) is 0 Å². The smallest absolute Gasteiger partial charge is 0.256 e. The molecule has 0 radical (unpaired) electrons. The molecule has 7 nitrogen and oxygen atoms in total. The molecule has 0 aliphatic carbocycles. The third-order valence-corrected chi connectivity index (χ3v) is 6.80. The molecule has 27 heavy (non-hydrogen) atoms. The first-order valence-corrected chi connectivity index (χ1v) is 10.2. The second kappa shape index (κ2) is 6.79. The summed E-state index contributed by atoms with van der Waals surface area (Å²) in [6.45, 7) is 3.19. The molecule has 0 atom stereocenters. The van der Waals surface area contributed by atoms with E-state index in [-0.39, 0.29) is 23.9 Å². The summed E-state index contributed by atoms with van der Waals surface area (Å²) in [5.41, 5.74) is 2.27. The molecule has 3 aromatic rings. The standard InChI is InChI=1S/C19H20N4O3S/c1-14-5-7-16(8-6-14)27(25,26)23-11-9-22(10-12-23)19(24)17-4-2-3-15-13-20-21-18(15)17/h2-8,13H,9-12H2,1H3,(H,20,21). The molecule has 1 fully saturated rings. The van der Waals surface area contributed by atoms with Gasteiger partial charge in [0.15, 0.2) is 0 Å². The number of fused-ring (bicyclic) bond motifs is 1. The van der Waals surface area contributed by atoms with Gasteiger partial charge in [0.2, 0.25) is 10.0 Å². The fraction of sp³-hybridized carbons (Fsp3) is 0.263. The molecule has 0 unspecified atom stereocenters. The number of aryl methyl sites for hydroxylation is 1. The van der Waals surface area contributed by atoms with Crippen LogP contribution in [-0.4, -0.2) is 59.9 Å². The van der Waals surface area contributed by atoms with E-state index in [1.54, 1.807) is 41.4 Å². The van der Waals surface area contributed by atoms with Gasteiger partial charge < -0.3 is 4.90 Å². The number of aromatic amines is 1. The highest BCUT2D eigenvalue weighted by Gasteiger charge is 2.30. The van der Waals surface area contributed by atoms with Gasteiger partial charge in [-0.15, -0.1) is 0 Å². The predicted molar refractivity (Wildman–Crippen MR) is 102 cm³/mol. The van der Waals surface area contributed by atoms with Crippen LogP contribution >= 0.6 is 0 Å². The van der Waals surface area contributed by atoms with Crippen molar-refractivity contribution in [1.29, 1.82) is 0 Å². The normalized spacial score (nSPS) is 16.0. The van der Waals surface area contributed by atoms with Crippen LogP contribution in [0.1, 0.15) is 15.9 Å². The van der Waals surface area contributed by atoms with Gasteiger partial charge in [-0.2, -0.15) is 9.40 Å². The Kier molecular flexibility index (Phi) is 4.45. The van der Waals surface area contributed by atoms with Crippen LogP contribution in [0, 0.1) is 6.92 Å². The maximum absolute atomic E-state index is 12.9. The van der Waals surface area contributed by atoms with Crippen molar-refractivity contribution < 1.29 is 13.2 Å². The number of hydrogen-bond donors (Lipinski definition) is 1. The van der Waals surface area contributed by atoms with Crippen molar-refractivity contribution in [2.24, 2.45) is 0 Å². The molecule has 2 aromatic carbocycles. The number of carbonyl (C=O) groups excluding carboxylic acids is 1. The van der Waals surface area contributed by atoms with E-state index in [4.69, 9.17) is 0 Å². The molecule has 1 aromatic heterocycles. The van der Waals surface area contributed by atoms with Gasteiger partial charge >= 0.3 is 0 Å². The zero-order valence-corrected chi connectivity index (χ0v) is 15.7. The average Bonchev–Trinajstić information content (AvgIpc) is 3.17. The Morgan fingerprint density at radius 2 is 1.74 bits per heavy atom. The van der Waals surface area contributed by atoms with Crippen molar-refractivity contribution in [3.8, 4) is 0 Å². The Morgan fingerprint density at radius 3 is 2.44 bits per heavy atom. The minimum absolute atomic E-state index is 0.114. The van der Waals surface area contributed by atoms with E-state index in [0.29, 0.717) is 24.2 Å². The number of nitrogens with zero attached hydrogens (tertiary/aromatic N) is 3. The third kappa shape index (κ3) is 3.22. The first-order valence-electron chi connectivity index (χ1n) is 8.75. The number of sulfonamides is 1. The third-order valence-electron chi connectivity index (χ3n) is 4.89. The number of benzene rings is 2. The quantitative estimate of drug-likeness (QED) is 0.748. The highest BCUT2D eigenvalue weighted by Crippen LogP contribution is 2.21. The number of nitrogens with one attached hydrogen (secondary N) is 1. The molecule has 4 rings (SSSR count). The van der Waals surface area contributed by atoms with Crippen LogP contribution in [0.25, 0.3) is 10.9 Å². The van der Waals surface area contributed by atoms with E-state index in [0.717, 1.165) is 10.9 Å². The summed E-state index contributed by atoms with van der Waals surface area (Å²) in [6.07, 6.45) is 1.68. The first-order chi connectivity index (χ1) is 13.0. The molecule has 1 N–H and O–H groups in total. The summed E-state index contributed by atoms with van der Waals surface area (Å²) in [4.78, 5) is 14.9. The Balaban J connectivity index is 1.49. The Labute approximate surface area is 157 Å². The summed E-state index contributed by atoms with van der Waals surface area (Å²) in [7, 11) is -3.54. The highest BCUT2D eigenvalue weighted by atomic mass is 32.2. The minimum atomic E-state index is -3.54. The number of aromatic nitrogens is 2. The minimum Gasteiger partial charge on any atom is -0.336 e.